The number of phenolic OH excluding ortho intramolecular Hbond substituents is 1. The van der Waals surface area contributed by atoms with E-state index in [4.69, 9.17) is 5.73 Å². The van der Waals surface area contributed by atoms with Crippen molar-refractivity contribution in [3.63, 3.8) is 0 Å². The molecule has 1 aliphatic carbocycles. The van der Waals surface area contributed by atoms with Gasteiger partial charge in [-0.2, -0.15) is 13.2 Å². The van der Waals surface area contributed by atoms with Crippen molar-refractivity contribution in [1.29, 1.82) is 0 Å². The Labute approximate surface area is 103 Å². The summed E-state index contributed by atoms with van der Waals surface area (Å²) in [7, 11) is 0. The smallest absolute Gasteiger partial charge is 0.416 e. The molecule has 96 valence electrons. The van der Waals surface area contributed by atoms with E-state index in [1.54, 1.807) is 0 Å². The standard InChI is InChI=1S/C11H12F3NO.ClH/c12-11(13,14)7-3-4-9(16)8(5-7)10(15)6-1-2-6;/h3-6,10,16H,1-2,15H2;1H/t10-;/m1./s1. The largest absolute Gasteiger partial charge is 0.508 e. The van der Waals surface area contributed by atoms with Crippen molar-refractivity contribution in [2.75, 3.05) is 0 Å². The van der Waals surface area contributed by atoms with E-state index in [0.717, 1.165) is 31.0 Å². The maximum Gasteiger partial charge on any atom is 0.416 e. The van der Waals surface area contributed by atoms with Crippen LogP contribution in [0.1, 0.15) is 30.0 Å². The Morgan fingerprint density at radius 3 is 2.35 bits per heavy atom. The highest BCUT2D eigenvalue weighted by Crippen LogP contribution is 2.43. The van der Waals surface area contributed by atoms with Gasteiger partial charge in [0.05, 0.1) is 5.56 Å². The molecule has 0 radical (unpaired) electrons. The molecule has 3 N–H and O–H groups in total. The highest BCUT2D eigenvalue weighted by molar-refractivity contribution is 5.85. The van der Waals surface area contributed by atoms with Crippen LogP contribution in [0.5, 0.6) is 5.75 Å². The number of nitrogens with two attached hydrogens (primary N) is 1. The van der Waals surface area contributed by atoms with Crippen LogP contribution in [-0.4, -0.2) is 5.11 Å². The summed E-state index contributed by atoms with van der Waals surface area (Å²) in [6.45, 7) is 0. The topological polar surface area (TPSA) is 46.2 Å². The molecular formula is C11H13ClF3NO. The fourth-order valence-corrected chi connectivity index (χ4v) is 1.71. The predicted molar refractivity (Wildman–Crippen MR) is 60.0 cm³/mol. The Bertz CT molecular complexity index is 404. The minimum absolute atomic E-state index is 0. The summed E-state index contributed by atoms with van der Waals surface area (Å²) in [5, 5.41) is 9.50. The lowest BCUT2D eigenvalue weighted by Crippen LogP contribution is -2.14. The number of hydrogen-bond acceptors (Lipinski definition) is 2. The van der Waals surface area contributed by atoms with Crippen LogP contribution < -0.4 is 5.73 Å². The fourth-order valence-electron chi connectivity index (χ4n) is 1.71. The predicted octanol–water partition coefficient (Wildman–Crippen LogP) is 3.24. The van der Waals surface area contributed by atoms with E-state index in [1.165, 1.54) is 0 Å². The summed E-state index contributed by atoms with van der Waals surface area (Å²) in [6, 6.07) is 2.36. The summed E-state index contributed by atoms with van der Waals surface area (Å²) < 4.78 is 37.4. The van der Waals surface area contributed by atoms with Crippen molar-refractivity contribution in [3.8, 4) is 5.75 Å². The van der Waals surface area contributed by atoms with E-state index < -0.39 is 17.8 Å². The van der Waals surface area contributed by atoms with Crippen LogP contribution in [0.15, 0.2) is 18.2 Å². The molecule has 1 aromatic rings. The van der Waals surface area contributed by atoms with Crippen LogP contribution in [0.4, 0.5) is 13.2 Å². The van der Waals surface area contributed by atoms with E-state index >= 15 is 0 Å². The molecule has 17 heavy (non-hydrogen) atoms. The molecule has 2 rings (SSSR count). The lowest BCUT2D eigenvalue weighted by Gasteiger charge is -2.15. The molecule has 0 heterocycles. The van der Waals surface area contributed by atoms with Gasteiger partial charge in [-0.3, -0.25) is 0 Å². The fraction of sp³-hybridized carbons (Fsp3) is 0.455. The average molecular weight is 268 g/mol. The first kappa shape index (κ1) is 14.1. The molecule has 1 saturated carbocycles. The van der Waals surface area contributed by atoms with Crippen LogP contribution in [0.25, 0.3) is 0 Å². The number of alkyl halides is 3. The SMILES string of the molecule is Cl.N[C@@H](c1cc(C(F)(F)F)ccc1O)C1CC1. The highest BCUT2D eigenvalue weighted by atomic mass is 35.5. The van der Waals surface area contributed by atoms with E-state index in [-0.39, 0.29) is 29.6 Å². The molecule has 0 amide bonds. The van der Waals surface area contributed by atoms with Gasteiger partial charge in [0.15, 0.2) is 0 Å². The molecular weight excluding hydrogens is 255 g/mol. The second kappa shape index (κ2) is 4.74. The van der Waals surface area contributed by atoms with Gasteiger partial charge in [-0.05, 0) is 37.0 Å². The van der Waals surface area contributed by atoms with E-state index in [1.807, 2.05) is 0 Å². The minimum atomic E-state index is -4.40. The van der Waals surface area contributed by atoms with Gasteiger partial charge in [0, 0.05) is 11.6 Å². The highest BCUT2D eigenvalue weighted by Gasteiger charge is 2.35. The molecule has 2 nitrogen and oxygen atoms in total. The molecule has 0 aromatic heterocycles. The molecule has 6 heteroatoms. The van der Waals surface area contributed by atoms with Crippen molar-refractivity contribution in [2.24, 2.45) is 11.7 Å². The van der Waals surface area contributed by atoms with Crippen LogP contribution in [0.3, 0.4) is 0 Å². The van der Waals surface area contributed by atoms with Crippen LogP contribution in [0, 0.1) is 5.92 Å². The second-order valence-electron chi connectivity index (χ2n) is 4.13. The quantitative estimate of drug-likeness (QED) is 0.864. The first-order valence-corrected chi connectivity index (χ1v) is 5.05. The van der Waals surface area contributed by atoms with Crippen LogP contribution in [-0.2, 0) is 6.18 Å². The van der Waals surface area contributed by atoms with Crippen LogP contribution in [0.2, 0.25) is 0 Å². The molecule has 1 aliphatic rings. The van der Waals surface area contributed by atoms with E-state index in [9.17, 15) is 18.3 Å². The third-order valence-corrected chi connectivity index (χ3v) is 2.84. The maximum absolute atomic E-state index is 12.5. The first-order valence-electron chi connectivity index (χ1n) is 5.05. The number of halogens is 4. The van der Waals surface area contributed by atoms with Gasteiger partial charge in [-0.1, -0.05) is 0 Å². The zero-order valence-corrected chi connectivity index (χ0v) is 9.68. The number of aromatic hydroxyl groups is 1. The lowest BCUT2D eigenvalue weighted by atomic mass is 9.99. The third-order valence-electron chi connectivity index (χ3n) is 2.84. The van der Waals surface area contributed by atoms with Crippen molar-refractivity contribution in [1.82, 2.24) is 0 Å². The summed E-state index contributed by atoms with van der Waals surface area (Å²) in [5.41, 5.74) is 5.21. The number of benzene rings is 1. The average Bonchev–Trinajstić information content (AvgIpc) is 2.98. The Hall–Kier alpha value is -0.940. The van der Waals surface area contributed by atoms with Gasteiger partial charge in [-0.15, -0.1) is 12.4 Å². The van der Waals surface area contributed by atoms with Gasteiger partial charge in [0.25, 0.3) is 0 Å². The van der Waals surface area contributed by atoms with E-state index in [0.29, 0.717) is 0 Å². The molecule has 0 aliphatic heterocycles. The van der Waals surface area contributed by atoms with Gasteiger partial charge in [-0.25, -0.2) is 0 Å². The minimum Gasteiger partial charge on any atom is -0.508 e. The van der Waals surface area contributed by atoms with Gasteiger partial charge < -0.3 is 10.8 Å². The Kier molecular flexibility index (Phi) is 3.94. The van der Waals surface area contributed by atoms with Crippen molar-refractivity contribution < 1.29 is 18.3 Å². The molecule has 1 fully saturated rings. The Morgan fingerprint density at radius 2 is 1.88 bits per heavy atom. The summed E-state index contributed by atoms with van der Waals surface area (Å²) >= 11 is 0. The molecule has 0 unspecified atom stereocenters. The van der Waals surface area contributed by atoms with Crippen molar-refractivity contribution in [2.45, 2.75) is 25.1 Å². The molecule has 1 atom stereocenters. The van der Waals surface area contributed by atoms with Crippen molar-refractivity contribution >= 4 is 12.4 Å². The van der Waals surface area contributed by atoms with Gasteiger partial charge >= 0.3 is 6.18 Å². The molecule has 0 bridgehead atoms. The monoisotopic (exact) mass is 267 g/mol. The molecule has 0 spiro atoms. The van der Waals surface area contributed by atoms with E-state index in [2.05, 4.69) is 0 Å². The number of phenols is 1. The molecule has 1 aromatic carbocycles. The Balaban J connectivity index is 0.00000144. The lowest BCUT2D eigenvalue weighted by molar-refractivity contribution is -0.137. The Morgan fingerprint density at radius 1 is 1.29 bits per heavy atom. The third kappa shape index (κ3) is 3.04. The first-order chi connectivity index (χ1) is 7.39. The second-order valence-corrected chi connectivity index (χ2v) is 4.13. The number of hydrogen-bond donors (Lipinski definition) is 2. The maximum atomic E-state index is 12.5. The van der Waals surface area contributed by atoms with Crippen molar-refractivity contribution in [3.05, 3.63) is 29.3 Å². The summed E-state index contributed by atoms with van der Waals surface area (Å²) in [6.07, 6.45) is -2.57. The van der Waals surface area contributed by atoms with Gasteiger partial charge in [0.2, 0.25) is 0 Å². The zero-order valence-electron chi connectivity index (χ0n) is 8.87. The van der Waals surface area contributed by atoms with Crippen LogP contribution >= 0.6 is 12.4 Å². The summed E-state index contributed by atoms with van der Waals surface area (Å²) in [4.78, 5) is 0. The van der Waals surface area contributed by atoms with Gasteiger partial charge in [0.1, 0.15) is 5.75 Å². The zero-order chi connectivity index (χ0) is 11.9. The summed E-state index contributed by atoms with van der Waals surface area (Å²) in [5.74, 6) is 0.0433. The normalized spacial score (nSPS) is 17.4. The number of rotatable bonds is 2. The molecule has 0 saturated heterocycles.